The third kappa shape index (κ3) is 1.85. The molecule has 0 aromatic carbocycles. The molecular formula is C8H10N4O. The van der Waals surface area contributed by atoms with Gasteiger partial charge in [0.1, 0.15) is 11.9 Å². The lowest BCUT2D eigenvalue weighted by atomic mass is 10.2. The normalized spacial score (nSPS) is 12.0. The summed E-state index contributed by atoms with van der Waals surface area (Å²) >= 11 is 0. The number of hydrogen-bond acceptors (Lipinski definition) is 4. The van der Waals surface area contributed by atoms with Crippen molar-refractivity contribution in [1.29, 1.82) is 5.26 Å². The summed E-state index contributed by atoms with van der Waals surface area (Å²) in [5, 5.41) is 12.5. The van der Waals surface area contributed by atoms with Crippen molar-refractivity contribution in [3.05, 3.63) is 22.5 Å². The highest BCUT2D eigenvalue weighted by atomic mass is 16.1. The minimum Gasteiger partial charge on any atom is -0.382 e. The molecule has 0 bridgehead atoms. The zero-order valence-corrected chi connectivity index (χ0v) is 7.27. The Balaban J connectivity index is 3.21. The fraction of sp³-hybridized carbons (Fsp3) is 0.375. The molecule has 0 fully saturated rings. The monoisotopic (exact) mass is 178 g/mol. The molecule has 1 unspecified atom stereocenters. The molecule has 0 aliphatic heterocycles. The van der Waals surface area contributed by atoms with Crippen molar-refractivity contribution in [2.24, 2.45) is 0 Å². The molecule has 1 aromatic heterocycles. The molecule has 0 aliphatic carbocycles. The van der Waals surface area contributed by atoms with E-state index in [0.29, 0.717) is 6.42 Å². The highest BCUT2D eigenvalue weighted by Gasteiger charge is 2.09. The molecule has 68 valence electrons. The molecule has 0 spiro atoms. The number of nitrogen functional groups attached to an aromatic ring is 1. The van der Waals surface area contributed by atoms with Gasteiger partial charge in [-0.2, -0.15) is 10.4 Å². The number of aromatic nitrogens is 2. The number of nitrogens with two attached hydrogens (primary N) is 1. The largest absolute Gasteiger partial charge is 0.382 e. The van der Waals surface area contributed by atoms with Gasteiger partial charge in [0.15, 0.2) is 0 Å². The van der Waals surface area contributed by atoms with Gasteiger partial charge in [0.25, 0.3) is 5.56 Å². The molecule has 1 atom stereocenters. The molecule has 0 saturated heterocycles. The molecule has 0 radical (unpaired) electrons. The molecule has 1 rings (SSSR count). The number of nitrogens with zero attached hydrogens (tertiary/aromatic N) is 3. The number of anilines is 1. The maximum atomic E-state index is 11.2. The van der Waals surface area contributed by atoms with E-state index in [-0.39, 0.29) is 11.4 Å². The number of rotatable bonds is 2. The average Bonchev–Trinajstić information content (AvgIpc) is 2.13. The zero-order chi connectivity index (χ0) is 9.84. The molecule has 0 aliphatic rings. The summed E-state index contributed by atoms with van der Waals surface area (Å²) in [6, 6.07) is 4.18. The van der Waals surface area contributed by atoms with Crippen LogP contribution in [0.3, 0.4) is 0 Å². The first-order valence-corrected chi connectivity index (χ1v) is 3.94. The van der Waals surface area contributed by atoms with Gasteiger partial charge >= 0.3 is 0 Å². The Morgan fingerprint density at radius 3 is 3.00 bits per heavy atom. The Morgan fingerprint density at radius 1 is 1.77 bits per heavy atom. The van der Waals surface area contributed by atoms with Crippen LogP contribution in [0.25, 0.3) is 0 Å². The summed E-state index contributed by atoms with van der Waals surface area (Å²) in [7, 11) is 0. The first-order valence-electron chi connectivity index (χ1n) is 3.94. The Labute approximate surface area is 75.4 Å². The first-order chi connectivity index (χ1) is 6.19. The zero-order valence-electron chi connectivity index (χ0n) is 7.27. The van der Waals surface area contributed by atoms with E-state index < -0.39 is 6.04 Å². The Kier molecular flexibility index (Phi) is 2.65. The molecule has 0 saturated carbocycles. The van der Waals surface area contributed by atoms with Gasteiger partial charge in [0.2, 0.25) is 0 Å². The minimum absolute atomic E-state index is 0.244. The third-order valence-electron chi connectivity index (χ3n) is 1.68. The second-order valence-corrected chi connectivity index (χ2v) is 2.59. The predicted molar refractivity (Wildman–Crippen MR) is 47.9 cm³/mol. The second kappa shape index (κ2) is 3.72. The van der Waals surface area contributed by atoms with Crippen molar-refractivity contribution in [2.75, 3.05) is 5.73 Å². The molecule has 1 heterocycles. The van der Waals surface area contributed by atoms with Crippen molar-refractivity contribution in [3.8, 4) is 6.07 Å². The van der Waals surface area contributed by atoms with Crippen LogP contribution >= 0.6 is 0 Å². The minimum atomic E-state index is -0.531. The van der Waals surface area contributed by atoms with Crippen molar-refractivity contribution in [3.63, 3.8) is 0 Å². The quantitative estimate of drug-likeness (QED) is 0.705. The molecule has 13 heavy (non-hydrogen) atoms. The van der Waals surface area contributed by atoms with Crippen LogP contribution in [0.15, 0.2) is 16.9 Å². The molecule has 0 amide bonds. The maximum absolute atomic E-state index is 11.2. The van der Waals surface area contributed by atoms with Crippen molar-refractivity contribution >= 4 is 5.82 Å². The lowest BCUT2D eigenvalue weighted by molar-refractivity contribution is 0.509. The van der Waals surface area contributed by atoms with Gasteiger partial charge in [-0.05, 0) is 12.5 Å². The van der Waals surface area contributed by atoms with Crippen LogP contribution in [0.4, 0.5) is 5.82 Å². The Hall–Kier alpha value is -1.83. The lowest BCUT2D eigenvalue weighted by Gasteiger charge is -2.08. The van der Waals surface area contributed by atoms with Gasteiger partial charge in [-0.15, -0.1) is 0 Å². The van der Waals surface area contributed by atoms with E-state index in [9.17, 15) is 4.79 Å². The fourth-order valence-electron chi connectivity index (χ4n) is 0.982. The maximum Gasteiger partial charge on any atom is 0.268 e. The highest BCUT2D eigenvalue weighted by molar-refractivity contribution is 5.23. The number of nitriles is 1. The first kappa shape index (κ1) is 9.26. The van der Waals surface area contributed by atoms with Gasteiger partial charge < -0.3 is 5.73 Å². The van der Waals surface area contributed by atoms with Crippen LogP contribution in [0.1, 0.15) is 19.4 Å². The molecule has 5 heteroatoms. The van der Waals surface area contributed by atoms with E-state index in [4.69, 9.17) is 11.0 Å². The lowest BCUT2D eigenvalue weighted by Crippen LogP contribution is -2.26. The Bertz CT molecular complexity index is 390. The van der Waals surface area contributed by atoms with E-state index in [1.165, 1.54) is 12.1 Å². The van der Waals surface area contributed by atoms with Crippen LogP contribution < -0.4 is 11.3 Å². The standard InChI is InChI=1S/C8H10N4O/c1-2-6(5-9)12-8(13)4-3-7(10)11-12/h3-4,6H,2H2,1H3,(H2,10,11). The molecule has 2 N–H and O–H groups in total. The van der Waals surface area contributed by atoms with E-state index in [2.05, 4.69) is 5.10 Å². The van der Waals surface area contributed by atoms with Gasteiger partial charge in [-0.25, -0.2) is 4.68 Å². The summed E-state index contributed by atoms with van der Waals surface area (Å²) in [5.74, 6) is 0.244. The van der Waals surface area contributed by atoms with Crippen molar-refractivity contribution < 1.29 is 0 Å². The van der Waals surface area contributed by atoms with Crippen LogP contribution in [0.5, 0.6) is 0 Å². The fourth-order valence-corrected chi connectivity index (χ4v) is 0.982. The SMILES string of the molecule is CCC(C#N)n1nc(N)ccc1=O. The van der Waals surface area contributed by atoms with Gasteiger partial charge in [-0.1, -0.05) is 6.92 Å². The second-order valence-electron chi connectivity index (χ2n) is 2.59. The van der Waals surface area contributed by atoms with Crippen molar-refractivity contribution in [1.82, 2.24) is 9.78 Å². The average molecular weight is 178 g/mol. The summed E-state index contributed by atoms with van der Waals surface area (Å²) in [4.78, 5) is 11.2. The summed E-state index contributed by atoms with van der Waals surface area (Å²) in [6.07, 6.45) is 0.535. The van der Waals surface area contributed by atoms with Gasteiger partial charge in [-0.3, -0.25) is 4.79 Å². The van der Waals surface area contributed by atoms with Crippen LogP contribution in [-0.2, 0) is 0 Å². The van der Waals surface area contributed by atoms with Crippen molar-refractivity contribution in [2.45, 2.75) is 19.4 Å². The molecule has 5 nitrogen and oxygen atoms in total. The summed E-state index contributed by atoms with van der Waals surface area (Å²) in [5.41, 5.74) is 5.09. The smallest absolute Gasteiger partial charge is 0.268 e. The third-order valence-corrected chi connectivity index (χ3v) is 1.68. The van der Waals surface area contributed by atoms with E-state index in [1.807, 2.05) is 13.0 Å². The highest BCUT2D eigenvalue weighted by Crippen LogP contribution is 2.05. The topological polar surface area (TPSA) is 84.7 Å². The predicted octanol–water partition coefficient (Wildman–Crippen LogP) is 0.300. The van der Waals surface area contributed by atoms with Crippen LogP contribution in [0.2, 0.25) is 0 Å². The summed E-state index contributed by atoms with van der Waals surface area (Å²) in [6.45, 7) is 1.81. The van der Waals surface area contributed by atoms with E-state index >= 15 is 0 Å². The van der Waals surface area contributed by atoms with Crippen LogP contribution in [0, 0.1) is 11.3 Å². The van der Waals surface area contributed by atoms with E-state index in [1.54, 1.807) is 0 Å². The van der Waals surface area contributed by atoms with Crippen LogP contribution in [-0.4, -0.2) is 9.78 Å². The molecule has 1 aromatic rings. The molecular weight excluding hydrogens is 168 g/mol. The number of hydrogen-bond donors (Lipinski definition) is 1. The summed E-state index contributed by atoms with van der Waals surface area (Å²) < 4.78 is 1.11. The van der Waals surface area contributed by atoms with Gasteiger partial charge in [0, 0.05) is 6.07 Å². The Morgan fingerprint density at radius 2 is 2.46 bits per heavy atom. The van der Waals surface area contributed by atoms with Gasteiger partial charge in [0.05, 0.1) is 6.07 Å². The van der Waals surface area contributed by atoms with E-state index in [0.717, 1.165) is 4.68 Å².